The maximum Gasteiger partial charge on any atom is 0.231 e. The number of halogens is 1. The van der Waals surface area contributed by atoms with Gasteiger partial charge in [-0.2, -0.15) is 0 Å². The number of amides is 1. The summed E-state index contributed by atoms with van der Waals surface area (Å²) in [6.07, 6.45) is 5.42. The molecule has 4 nitrogen and oxygen atoms in total. The van der Waals surface area contributed by atoms with Gasteiger partial charge in [-0.25, -0.2) is 4.39 Å². The summed E-state index contributed by atoms with van der Waals surface area (Å²) >= 11 is 1.39. The highest BCUT2D eigenvalue weighted by atomic mass is 32.1. The van der Waals surface area contributed by atoms with Crippen molar-refractivity contribution in [3.05, 3.63) is 30.1 Å². The Morgan fingerprint density at radius 1 is 1.20 bits per heavy atom. The molecule has 1 aromatic carbocycles. The van der Waals surface area contributed by atoms with Crippen LogP contribution in [-0.2, 0) is 4.79 Å². The molecule has 25 heavy (non-hydrogen) atoms. The van der Waals surface area contributed by atoms with E-state index >= 15 is 0 Å². The molecule has 6 heteroatoms. The predicted octanol–water partition coefficient (Wildman–Crippen LogP) is 4.91. The molecule has 1 aromatic heterocycles. The minimum Gasteiger partial charge on any atom is -0.286 e. The van der Waals surface area contributed by atoms with Crippen molar-refractivity contribution in [1.82, 2.24) is 10.2 Å². The Hall–Kier alpha value is -1.82. The van der Waals surface area contributed by atoms with Crippen molar-refractivity contribution in [2.75, 3.05) is 11.4 Å². The van der Waals surface area contributed by atoms with Gasteiger partial charge in [0.15, 0.2) is 0 Å². The summed E-state index contributed by atoms with van der Waals surface area (Å²) in [6.45, 7) is 4.85. The molecule has 1 fully saturated rings. The molecule has 0 spiro atoms. The number of hydrogen-bond donors (Lipinski definition) is 0. The van der Waals surface area contributed by atoms with Crippen LogP contribution in [0.15, 0.2) is 24.3 Å². The molecule has 3 rings (SSSR count). The minimum atomic E-state index is -0.276. The zero-order valence-electron chi connectivity index (χ0n) is 14.7. The third kappa shape index (κ3) is 4.42. The number of rotatable bonds is 5. The molecule has 0 unspecified atom stereocenters. The van der Waals surface area contributed by atoms with Gasteiger partial charge in [-0.1, -0.05) is 44.4 Å². The van der Waals surface area contributed by atoms with Crippen LogP contribution < -0.4 is 4.90 Å². The molecule has 0 radical (unpaired) electrons. The quantitative estimate of drug-likeness (QED) is 0.760. The van der Waals surface area contributed by atoms with Crippen LogP contribution in [0.5, 0.6) is 0 Å². The topological polar surface area (TPSA) is 46.1 Å². The Morgan fingerprint density at radius 2 is 1.88 bits per heavy atom. The molecule has 1 heterocycles. The molecule has 134 valence electrons. The maximum atomic E-state index is 13.1. The molecular formula is C19H24FN3OS. The predicted molar refractivity (Wildman–Crippen MR) is 99.1 cm³/mol. The van der Waals surface area contributed by atoms with Gasteiger partial charge in [-0.15, -0.1) is 10.2 Å². The summed E-state index contributed by atoms with van der Waals surface area (Å²) in [5.74, 6) is 0.356. The van der Waals surface area contributed by atoms with Crippen LogP contribution in [0.3, 0.4) is 0 Å². The third-order valence-corrected chi connectivity index (χ3v) is 5.50. The largest absolute Gasteiger partial charge is 0.286 e. The van der Waals surface area contributed by atoms with E-state index in [0.717, 1.165) is 31.2 Å². The van der Waals surface area contributed by atoms with Crippen molar-refractivity contribution in [3.8, 4) is 10.6 Å². The first-order valence-electron chi connectivity index (χ1n) is 8.95. The number of aromatic nitrogens is 2. The maximum absolute atomic E-state index is 13.1. The Kier molecular flexibility index (Phi) is 5.78. The molecular weight excluding hydrogens is 337 g/mol. The average Bonchev–Trinajstić information content (AvgIpc) is 3.10. The third-order valence-electron chi connectivity index (χ3n) is 4.50. The molecule has 0 aliphatic heterocycles. The molecule has 1 amide bonds. The summed E-state index contributed by atoms with van der Waals surface area (Å²) < 4.78 is 13.1. The molecule has 0 atom stereocenters. The second-order valence-electron chi connectivity index (χ2n) is 7.07. The first kappa shape index (κ1) is 18.0. The number of benzene rings is 1. The van der Waals surface area contributed by atoms with E-state index in [9.17, 15) is 9.18 Å². The fraction of sp³-hybridized carbons (Fsp3) is 0.526. The van der Waals surface area contributed by atoms with Crippen LogP contribution in [-0.4, -0.2) is 22.6 Å². The normalized spacial score (nSPS) is 15.5. The zero-order chi connectivity index (χ0) is 17.8. The Morgan fingerprint density at radius 3 is 2.52 bits per heavy atom. The summed E-state index contributed by atoms with van der Waals surface area (Å²) in [6, 6.07) is 6.20. The molecule has 1 saturated carbocycles. The second-order valence-corrected chi connectivity index (χ2v) is 8.03. The highest BCUT2D eigenvalue weighted by Gasteiger charge is 2.29. The first-order chi connectivity index (χ1) is 12.0. The highest BCUT2D eigenvalue weighted by Crippen LogP contribution is 2.32. The van der Waals surface area contributed by atoms with Gasteiger partial charge in [0.25, 0.3) is 0 Å². The second kappa shape index (κ2) is 8.04. The summed E-state index contributed by atoms with van der Waals surface area (Å²) in [5.41, 5.74) is 0.819. The van der Waals surface area contributed by atoms with Gasteiger partial charge in [-0.3, -0.25) is 9.69 Å². The van der Waals surface area contributed by atoms with Gasteiger partial charge in [-0.05, 0) is 43.0 Å². The van der Waals surface area contributed by atoms with Crippen molar-refractivity contribution >= 4 is 22.4 Å². The van der Waals surface area contributed by atoms with E-state index in [0.29, 0.717) is 22.6 Å². The number of carbonyl (C=O) groups excluding carboxylic acids is 1. The van der Waals surface area contributed by atoms with Gasteiger partial charge in [0.2, 0.25) is 11.0 Å². The van der Waals surface area contributed by atoms with E-state index in [1.54, 1.807) is 12.1 Å². The van der Waals surface area contributed by atoms with E-state index in [1.165, 1.54) is 29.9 Å². The number of hydrogen-bond acceptors (Lipinski definition) is 4. The number of carbonyl (C=O) groups is 1. The van der Waals surface area contributed by atoms with E-state index in [2.05, 4.69) is 24.0 Å². The number of nitrogens with zero attached hydrogens (tertiary/aromatic N) is 3. The number of anilines is 1. The lowest BCUT2D eigenvalue weighted by molar-refractivity contribution is -0.123. The fourth-order valence-electron chi connectivity index (χ4n) is 3.23. The molecule has 2 aromatic rings. The summed E-state index contributed by atoms with van der Waals surface area (Å²) in [4.78, 5) is 14.9. The lowest BCUT2D eigenvalue weighted by atomic mass is 9.88. The van der Waals surface area contributed by atoms with Crippen molar-refractivity contribution in [1.29, 1.82) is 0 Å². The first-order valence-corrected chi connectivity index (χ1v) is 9.77. The van der Waals surface area contributed by atoms with Gasteiger partial charge in [0.05, 0.1) is 0 Å². The van der Waals surface area contributed by atoms with E-state index in [-0.39, 0.29) is 17.6 Å². The Bertz CT molecular complexity index is 708. The van der Waals surface area contributed by atoms with Crippen LogP contribution in [0.4, 0.5) is 9.52 Å². The van der Waals surface area contributed by atoms with Gasteiger partial charge in [0, 0.05) is 18.0 Å². The van der Waals surface area contributed by atoms with Crippen molar-refractivity contribution in [2.45, 2.75) is 46.0 Å². The standard InChI is InChI=1S/C19H24FN3OS/c1-13(2)12-23(18(24)15-6-4-3-5-7-15)19-22-21-17(25-19)14-8-10-16(20)11-9-14/h8-11,13,15H,3-7,12H2,1-2H3. The summed E-state index contributed by atoms with van der Waals surface area (Å²) in [5, 5.41) is 9.84. The van der Waals surface area contributed by atoms with Gasteiger partial charge in [0.1, 0.15) is 10.8 Å². The smallest absolute Gasteiger partial charge is 0.231 e. The highest BCUT2D eigenvalue weighted by molar-refractivity contribution is 7.18. The van der Waals surface area contributed by atoms with Crippen molar-refractivity contribution in [2.24, 2.45) is 11.8 Å². The summed E-state index contributed by atoms with van der Waals surface area (Å²) in [7, 11) is 0. The van der Waals surface area contributed by atoms with Crippen molar-refractivity contribution < 1.29 is 9.18 Å². The fourth-order valence-corrected chi connectivity index (χ4v) is 4.10. The van der Waals surface area contributed by atoms with E-state index in [4.69, 9.17) is 0 Å². The van der Waals surface area contributed by atoms with Gasteiger partial charge >= 0.3 is 0 Å². The van der Waals surface area contributed by atoms with Crippen LogP contribution in [0, 0.1) is 17.7 Å². The average molecular weight is 361 g/mol. The lowest BCUT2D eigenvalue weighted by Gasteiger charge is -2.28. The molecule has 1 aliphatic rings. The van der Waals surface area contributed by atoms with Crippen LogP contribution in [0.25, 0.3) is 10.6 Å². The van der Waals surface area contributed by atoms with E-state index in [1.807, 2.05) is 4.90 Å². The Balaban J connectivity index is 1.83. The monoisotopic (exact) mass is 361 g/mol. The van der Waals surface area contributed by atoms with Crippen LogP contribution in [0.1, 0.15) is 46.0 Å². The minimum absolute atomic E-state index is 0.102. The molecule has 1 aliphatic carbocycles. The molecule has 0 saturated heterocycles. The van der Waals surface area contributed by atoms with Gasteiger partial charge < -0.3 is 0 Å². The van der Waals surface area contributed by atoms with Crippen LogP contribution in [0.2, 0.25) is 0 Å². The Labute approximate surface area is 152 Å². The van der Waals surface area contributed by atoms with E-state index < -0.39 is 0 Å². The van der Waals surface area contributed by atoms with Crippen molar-refractivity contribution in [3.63, 3.8) is 0 Å². The lowest BCUT2D eigenvalue weighted by Crippen LogP contribution is -2.39. The molecule has 0 N–H and O–H groups in total. The SMILES string of the molecule is CC(C)CN(C(=O)C1CCCCC1)c1nnc(-c2ccc(F)cc2)s1. The molecule has 0 bridgehead atoms. The van der Waals surface area contributed by atoms with Crippen LogP contribution >= 0.6 is 11.3 Å². The zero-order valence-corrected chi connectivity index (χ0v) is 15.6.